The van der Waals surface area contributed by atoms with Crippen molar-refractivity contribution in [3.8, 4) is 0 Å². The lowest BCUT2D eigenvalue weighted by Gasteiger charge is -2.14. The minimum Gasteiger partial charge on any atom is -0.387 e. The summed E-state index contributed by atoms with van der Waals surface area (Å²) in [5, 5.41) is 16.3. The summed E-state index contributed by atoms with van der Waals surface area (Å²) in [7, 11) is 0. The van der Waals surface area contributed by atoms with Crippen LogP contribution in [0.3, 0.4) is 0 Å². The summed E-state index contributed by atoms with van der Waals surface area (Å²) in [5.41, 5.74) is 6.31. The molecule has 1 aliphatic rings. The van der Waals surface area contributed by atoms with E-state index in [2.05, 4.69) is 5.32 Å². The summed E-state index contributed by atoms with van der Waals surface area (Å²) in [4.78, 5) is 11.8. The van der Waals surface area contributed by atoms with Gasteiger partial charge in [0.1, 0.15) is 6.10 Å². The average Bonchev–Trinajstić information content (AvgIpc) is 3.05. The highest BCUT2D eigenvalue weighted by atomic mass is 32.1. The number of nitrogens with one attached hydrogen (secondary N) is 1. The molecule has 0 spiro atoms. The first-order valence-electron chi connectivity index (χ1n) is 6.04. The Morgan fingerprint density at radius 1 is 1.67 bits per heavy atom. The van der Waals surface area contributed by atoms with Gasteiger partial charge in [0.15, 0.2) is 0 Å². The van der Waals surface area contributed by atoms with Crippen LogP contribution in [0, 0.1) is 0 Å². The van der Waals surface area contributed by atoms with Gasteiger partial charge in [0.25, 0.3) is 0 Å². The second-order valence-corrected chi connectivity index (χ2v) is 5.16. The van der Waals surface area contributed by atoms with Crippen molar-refractivity contribution in [2.24, 2.45) is 5.73 Å². The molecular formula is C12H18N2O3S. The predicted octanol–water partition coefficient (Wildman–Crippen LogP) is 0.404. The summed E-state index contributed by atoms with van der Waals surface area (Å²) in [5.74, 6) is -0.166. The molecule has 18 heavy (non-hydrogen) atoms. The molecule has 1 aromatic heterocycles. The first-order valence-corrected chi connectivity index (χ1v) is 6.98. The number of ether oxygens (including phenoxy) is 1. The van der Waals surface area contributed by atoms with Crippen LogP contribution in [0.2, 0.25) is 0 Å². The van der Waals surface area contributed by atoms with Crippen molar-refractivity contribution in [1.29, 1.82) is 0 Å². The van der Waals surface area contributed by atoms with Crippen molar-refractivity contribution in [1.82, 2.24) is 5.32 Å². The van der Waals surface area contributed by atoms with E-state index >= 15 is 0 Å². The predicted molar refractivity (Wildman–Crippen MR) is 69.2 cm³/mol. The molecule has 2 rings (SSSR count). The number of carbonyl (C=O) groups is 1. The maximum atomic E-state index is 11.8. The van der Waals surface area contributed by atoms with E-state index in [0.29, 0.717) is 13.0 Å². The number of hydrogen-bond donors (Lipinski definition) is 3. The van der Waals surface area contributed by atoms with Gasteiger partial charge < -0.3 is 20.9 Å². The van der Waals surface area contributed by atoms with E-state index in [4.69, 9.17) is 10.5 Å². The lowest BCUT2D eigenvalue weighted by molar-refractivity contribution is -0.132. The van der Waals surface area contributed by atoms with Crippen molar-refractivity contribution in [2.75, 3.05) is 13.1 Å². The van der Waals surface area contributed by atoms with Gasteiger partial charge in [0.2, 0.25) is 5.91 Å². The van der Waals surface area contributed by atoms with Crippen molar-refractivity contribution in [2.45, 2.75) is 31.2 Å². The van der Waals surface area contributed by atoms with Gasteiger partial charge in [-0.15, -0.1) is 0 Å². The molecule has 1 amide bonds. The monoisotopic (exact) mass is 270 g/mol. The molecular weight excluding hydrogens is 252 g/mol. The highest BCUT2D eigenvalue weighted by Crippen LogP contribution is 2.19. The summed E-state index contributed by atoms with van der Waals surface area (Å²) in [6.45, 7) is 0.657. The number of hydrogen-bond acceptors (Lipinski definition) is 5. The minimum atomic E-state index is -0.660. The average molecular weight is 270 g/mol. The van der Waals surface area contributed by atoms with Gasteiger partial charge in [-0.05, 0) is 35.2 Å². The number of carbonyl (C=O) groups excluding carboxylic acids is 1. The third-order valence-electron chi connectivity index (χ3n) is 3.06. The van der Waals surface area contributed by atoms with Crippen LogP contribution in [-0.4, -0.2) is 36.3 Å². The second-order valence-electron chi connectivity index (χ2n) is 4.38. The Morgan fingerprint density at radius 2 is 2.50 bits per heavy atom. The lowest BCUT2D eigenvalue weighted by atomic mass is 10.1. The number of aliphatic hydroxyl groups excluding tert-OH is 1. The molecule has 5 nitrogen and oxygen atoms in total. The standard InChI is InChI=1S/C12H18N2O3S/c13-5-9-1-2-11(17-9)12(16)14-6-10(15)8-3-4-18-7-8/h3-4,7,9-11,15H,1-2,5-6,13H2,(H,14,16)/t9-,10?,11+/m1/s1. The third-order valence-corrected chi connectivity index (χ3v) is 3.76. The van der Waals surface area contributed by atoms with E-state index in [9.17, 15) is 9.90 Å². The molecule has 100 valence electrons. The molecule has 1 aromatic rings. The molecule has 0 aliphatic carbocycles. The highest BCUT2D eigenvalue weighted by molar-refractivity contribution is 7.07. The fourth-order valence-electron chi connectivity index (χ4n) is 1.97. The fourth-order valence-corrected chi connectivity index (χ4v) is 2.67. The Bertz CT molecular complexity index is 383. The molecule has 0 bridgehead atoms. The van der Waals surface area contributed by atoms with E-state index < -0.39 is 12.2 Å². The number of nitrogens with two attached hydrogens (primary N) is 1. The van der Waals surface area contributed by atoms with Crippen molar-refractivity contribution >= 4 is 17.2 Å². The zero-order valence-electron chi connectivity index (χ0n) is 10.0. The van der Waals surface area contributed by atoms with E-state index in [1.165, 1.54) is 11.3 Å². The minimum absolute atomic E-state index is 0.0115. The van der Waals surface area contributed by atoms with Gasteiger partial charge in [-0.3, -0.25) is 4.79 Å². The SMILES string of the molecule is NC[C@H]1CC[C@@H](C(=O)NCC(O)c2ccsc2)O1. The van der Waals surface area contributed by atoms with E-state index in [-0.39, 0.29) is 18.6 Å². The van der Waals surface area contributed by atoms with Gasteiger partial charge in [0.05, 0.1) is 12.2 Å². The van der Waals surface area contributed by atoms with Crippen LogP contribution in [0.4, 0.5) is 0 Å². The van der Waals surface area contributed by atoms with Crippen LogP contribution >= 0.6 is 11.3 Å². The number of aliphatic hydroxyl groups is 1. The van der Waals surface area contributed by atoms with Crippen LogP contribution in [-0.2, 0) is 9.53 Å². The van der Waals surface area contributed by atoms with Crippen LogP contribution in [0.25, 0.3) is 0 Å². The zero-order chi connectivity index (χ0) is 13.0. The molecule has 4 N–H and O–H groups in total. The number of rotatable bonds is 5. The topological polar surface area (TPSA) is 84.6 Å². The van der Waals surface area contributed by atoms with Crippen molar-refractivity contribution in [3.05, 3.63) is 22.4 Å². The van der Waals surface area contributed by atoms with Crippen LogP contribution in [0.1, 0.15) is 24.5 Å². The largest absolute Gasteiger partial charge is 0.387 e. The third kappa shape index (κ3) is 3.29. The molecule has 0 saturated carbocycles. The van der Waals surface area contributed by atoms with Crippen LogP contribution in [0.5, 0.6) is 0 Å². The lowest BCUT2D eigenvalue weighted by Crippen LogP contribution is -2.37. The summed E-state index contributed by atoms with van der Waals surface area (Å²) >= 11 is 1.52. The fraction of sp³-hybridized carbons (Fsp3) is 0.583. The molecule has 0 radical (unpaired) electrons. The van der Waals surface area contributed by atoms with Gasteiger partial charge >= 0.3 is 0 Å². The van der Waals surface area contributed by atoms with Crippen LogP contribution < -0.4 is 11.1 Å². The van der Waals surface area contributed by atoms with Crippen molar-refractivity contribution < 1.29 is 14.6 Å². The molecule has 0 aromatic carbocycles. The molecule has 1 unspecified atom stereocenters. The number of thiophene rings is 1. The molecule has 2 heterocycles. The number of amides is 1. The zero-order valence-corrected chi connectivity index (χ0v) is 10.9. The summed E-state index contributed by atoms with van der Waals surface area (Å²) in [6, 6.07) is 1.85. The van der Waals surface area contributed by atoms with Gasteiger partial charge in [-0.1, -0.05) is 0 Å². The Hall–Kier alpha value is -0.950. The molecule has 1 saturated heterocycles. The quantitative estimate of drug-likeness (QED) is 0.723. The van der Waals surface area contributed by atoms with Gasteiger partial charge in [-0.25, -0.2) is 0 Å². The van der Waals surface area contributed by atoms with Gasteiger partial charge in [-0.2, -0.15) is 11.3 Å². The van der Waals surface area contributed by atoms with E-state index in [0.717, 1.165) is 12.0 Å². The van der Waals surface area contributed by atoms with E-state index in [1.54, 1.807) is 0 Å². The Labute approximate surface area is 110 Å². The second kappa shape index (κ2) is 6.29. The smallest absolute Gasteiger partial charge is 0.249 e. The Balaban J connectivity index is 1.75. The molecule has 3 atom stereocenters. The summed E-state index contributed by atoms with van der Waals surface area (Å²) < 4.78 is 5.48. The van der Waals surface area contributed by atoms with E-state index in [1.807, 2.05) is 16.8 Å². The first kappa shape index (κ1) is 13.5. The maximum Gasteiger partial charge on any atom is 0.249 e. The molecule has 6 heteroatoms. The first-order chi connectivity index (χ1) is 8.70. The highest BCUT2D eigenvalue weighted by Gasteiger charge is 2.29. The maximum absolute atomic E-state index is 11.8. The van der Waals surface area contributed by atoms with Crippen molar-refractivity contribution in [3.63, 3.8) is 0 Å². The Kier molecular flexibility index (Phi) is 4.71. The molecule has 1 aliphatic heterocycles. The Morgan fingerprint density at radius 3 is 3.11 bits per heavy atom. The summed E-state index contributed by atoms with van der Waals surface area (Å²) in [6.07, 6.45) is 0.423. The molecule has 1 fully saturated rings. The van der Waals surface area contributed by atoms with Gasteiger partial charge in [0, 0.05) is 13.1 Å². The normalized spacial score (nSPS) is 25.0. The van der Waals surface area contributed by atoms with Crippen LogP contribution in [0.15, 0.2) is 16.8 Å².